The summed E-state index contributed by atoms with van der Waals surface area (Å²) in [6.07, 6.45) is 0. The van der Waals surface area contributed by atoms with Crippen molar-refractivity contribution in [2.75, 3.05) is 0 Å². The van der Waals surface area contributed by atoms with Gasteiger partial charge >= 0.3 is 151 Å². The Morgan fingerprint density at radius 1 is 0.500 bits per heavy atom. The minimum atomic E-state index is -5.39. The summed E-state index contributed by atoms with van der Waals surface area (Å²) < 4.78 is 17.1. The van der Waals surface area contributed by atoms with Gasteiger partial charge in [-0.05, 0) is 0 Å². The van der Waals surface area contributed by atoms with Gasteiger partial charge in [-0.1, -0.05) is 0 Å². The Kier molecular flexibility index (Phi) is 66.9. The predicted molar refractivity (Wildman–Crippen MR) is 59.0 cm³/mol. The van der Waals surface area contributed by atoms with Gasteiger partial charge in [0.25, 0.3) is 0 Å². The van der Waals surface area contributed by atoms with Crippen molar-refractivity contribution in [1.82, 2.24) is 0 Å². The molecule has 16 nitrogen and oxygen atoms in total. The molecule has 0 heterocycles. The Labute approximate surface area is 241 Å². The van der Waals surface area contributed by atoms with Crippen LogP contribution in [-0.4, -0.2) is 161 Å². The first-order valence-electron chi connectivity index (χ1n) is 2.56. The molecule has 0 aromatic rings. The molecule has 0 saturated heterocycles. The summed E-state index contributed by atoms with van der Waals surface area (Å²) in [5.74, 6) is 0. The zero-order valence-corrected chi connectivity index (χ0v) is 21.0. The molecule has 22 heteroatoms. The van der Waals surface area contributed by atoms with Crippen molar-refractivity contribution >= 4 is 167 Å². The molecule has 0 N–H and O–H groups in total. The molecule has 0 aromatic carbocycles. The molecular weight excluding hydrogens is 474 g/mol. The number of hydrogen-bond acceptors (Lipinski definition) is 14. The zero-order valence-electron chi connectivity index (χ0n) is 10.3. The molecule has 22 heavy (non-hydrogen) atoms. The van der Waals surface area contributed by atoms with Gasteiger partial charge in [0, 0.05) is 0 Å². The van der Waals surface area contributed by atoms with E-state index in [1.807, 2.05) is 0 Å². The van der Waals surface area contributed by atoms with Gasteiger partial charge in [0.15, 0.2) is 0 Å². The van der Waals surface area contributed by atoms with Crippen LogP contribution in [-0.2, 0) is 9.13 Å². The fourth-order valence-corrected chi connectivity index (χ4v) is 0. The van der Waals surface area contributed by atoms with Gasteiger partial charge in [-0.2, -0.15) is 15.6 Å². The number of rotatable bonds is 0. The van der Waals surface area contributed by atoms with Crippen LogP contribution >= 0.6 is 15.6 Å². The van der Waals surface area contributed by atoms with E-state index in [2.05, 4.69) is 0 Å². The van der Waals surface area contributed by atoms with Crippen LogP contribution in [0.2, 0.25) is 0 Å². The summed E-state index contributed by atoms with van der Waals surface area (Å²) in [6, 6.07) is 0. The first kappa shape index (κ1) is 50.0. The Balaban J connectivity index is -0.0000000188. The van der Waals surface area contributed by atoms with Crippen LogP contribution in [0.1, 0.15) is 0 Å². The van der Waals surface area contributed by atoms with Crippen LogP contribution in [0.15, 0.2) is 0 Å². The average molecular weight is 474 g/mol. The van der Waals surface area contributed by atoms with Gasteiger partial charge in [0.05, 0.1) is 10.2 Å². The molecule has 0 amide bonds. The SMILES string of the molecule is O=P([O-])([O-])[O-].O=P([O-])([O-])[O-].O=[N+]([O-])[O-].O=[N+]([O-])[O-].[Ca+2].[Ca+2].[Ca+2].[Ca+2]. The first-order valence-corrected chi connectivity index (χ1v) is 5.48. The largest absolute Gasteiger partial charge is 2.00 e. The Bertz CT molecular complexity index is 264. The van der Waals surface area contributed by atoms with Crippen LogP contribution in [0.5, 0.6) is 0 Å². The van der Waals surface area contributed by atoms with Crippen molar-refractivity contribution in [3.8, 4) is 0 Å². The van der Waals surface area contributed by atoms with Crippen molar-refractivity contribution in [1.29, 1.82) is 0 Å². The van der Waals surface area contributed by atoms with E-state index in [4.69, 9.17) is 69.1 Å². The third-order valence-electron chi connectivity index (χ3n) is 0. The molecule has 0 radical (unpaired) electrons. The third kappa shape index (κ3) is 907. The summed E-state index contributed by atoms with van der Waals surface area (Å²) >= 11 is 0. The van der Waals surface area contributed by atoms with E-state index >= 15 is 0 Å². The maximum atomic E-state index is 8.55. The second-order valence-electron chi connectivity index (χ2n) is 1.34. The fourth-order valence-electron chi connectivity index (χ4n) is 0. The van der Waals surface area contributed by atoms with Crippen LogP contribution in [0.4, 0.5) is 0 Å². The van der Waals surface area contributed by atoms with E-state index in [1.165, 1.54) is 0 Å². The zero-order chi connectivity index (χ0) is 16.2. The van der Waals surface area contributed by atoms with Crippen LogP contribution < -0.4 is 29.4 Å². The van der Waals surface area contributed by atoms with Crippen molar-refractivity contribution in [3.05, 3.63) is 30.6 Å². The molecule has 0 atom stereocenters. The molecular formula is Ca4N2O14P2. The van der Waals surface area contributed by atoms with E-state index in [0.717, 1.165) is 0 Å². The maximum Gasteiger partial charge on any atom is 2.00 e. The van der Waals surface area contributed by atoms with E-state index in [0.29, 0.717) is 0 Å². The average Bonchev–Trinajstić information content (AvgIpc) is 1.70. The first-order chi connectivity index (χ1) is 7.46. The van der Waals surface area contributed by atoms with Crippen molar-refractivity contribution in [3.63, 3.8) is 0 Å². The predicted octanol–water partition coefficient (Wildman–Crippen LogP) is -7.65. The molecule has 0 saturated carbocycles. The molecule has 0 unspecified atom stereocenters. The summed E-state index contributed by atoms with van der Waals surface area (Å²) in [5, 5.41) is 29.5. The second-order valence-corrected chi connectivity index (χ2v) is 3.13. The van der Waals surface area contributed by atoms with Crippen molar-refractivity contribution in [2.24, 2.45) is 0 Å². The Morgan fingerprint density at radius 3 is 0.500 bits per heavy atom. The van der Waals surface area contributed by atoms with Gasteiger partial charge in [0.2, 0.25) is 0 Å². The maximum absolute atomic E-state index is 8.55. The van der Waals surface area contributed by atoms with Crippen LogP contribution in [0.3, 0.4) is 0 Å². The Hall–Kier alpha value is 3.66. The molecule has 0 aromatic heterocycles. The quantitative estimate of drug-likeness (QED) is 0.136. The molecule has 112 valence electrons. The Morgan fingerprint density at radius 2 is 0.500 bits per heavy atom. The van der Waals surface area contributed by atoms with Gasteiger partial charge in [0.1, 0.15) is 0 Å². The van der Waals surface area contributed by atoms with Crippen LogP contribution in [0, 0.1) is 30.6 Å². The van der Waals surface area contributed by atoms with E-state index in [1.54, 1.807) is 0 Å². The van der Waals surface area contributed by atoms with E-state index in [-0.39, 0.29) is 151 Å². The normalized spacial score (nSPS) is 7.55. The van der Waals surface area contributed by atoms with E-state index < -0.39 is 25.8 Å². The number of nitrogens with zero attached hydrogens (tertiary/aromatic N) is 2. The molecule has 0 bridgehead atoms. The molecule has 0 aliphatic carbocycles. The number of hydrogen-bond donors (Lipinski definition) is 0. The summed E-state index contributed by atoms with van der Waals surface area (Å²) in [7, 11) is -10.8. The monoisotopic (exact) mass is 474 g/mol. The molecule has 0 spiro atoms. The molecule has 0 fully saturated rings. The summed E-state index contributed by atoms with van der Waals surface area (Å²) in [6.45, 7) is 0. The van der Waals surface area contributed by atoms with Gasteiger partial charge in [-0.15, -0.1) is 0 Å². The smallest absolute Gasteiger partial charge is 0.822 e. The fraction of sp³-hybridized carbons (Fsp3) is 0. The molecule has 0 aliphatic rings. The minimum Gasteiger partial charge on any atom is -0.822 e. The third-order valence-corrected chi connectivity index (χ3v) is 0. The molecule has 0 aliphatic heterocycles. The van der Waals surface area contributed by atoms with E-state index in [9.17, 15) is 0 Å². The summed E-state index contributed by atoms with van der Waals surface area (Å²) in [5.41, 5.74) is 0. The number of phosphoric acid groups is 2. The van der Waals surface area contributed by atoms with Gasteiger partial charge in [-0.3, -0.25) is 0 Å². The standard InChI is InChI=1S/4Ca.2NO3.2H3O4P/c;;;;2*2-1(3)4;2*1-5(2,3)4/h;;;;;;2*(H3,1,2,3,4)/q4*+2;2*-1;;/p-6. The van der Waals surface area contributed by atoms with Gasteiger partial charge in [-0.25, -0.2) is 0 Å². The topological polar surface area (TPSA) is 305 Å². The van der Waals surface area contributed by atoms with Crippen molar-refractivity contribution in [2.45, 2.75) is 0 Å². The summed E-state index contributed by atoms with van der Waals surface area (Å²) in [4.78, 5) is 67.8. The van der Waals surface area contributed by atoms with Crippen molar-refractivity contribution < 1.29 is 48.7 Å². The minimum absolute atomic E-state index is 0. The molecule has 0 rings (SSSR count). The van der Waals surface area contributed by atoms with Gasteiger partial charge < -0.3 is 69.1 Å². The van der Waals surface area contributed by atoms with Crippen LogP contribution in [0.25, 0.3) is 0 Å². The second kappa shape index (κ2) is 29.4.